The van der Waals surface area contributed by atoms with E-state index >= 15 is 0 Å². The molecule has 136 valence electrons. The Morgan fingerprint density at radius 1 is 1.00 bits per heavy atom. The number of hydrogen-bond acceptors (Lipinski definition) is 2. The molecule has 2 N–H and O–H groups in total. The van der Waals surface area contributed by atoms with Crippen molar-refractivity contribution >= 4 is 17.5 Å². The van der Waals surface area contributed by atoms with E-state index in [1.54, 1.807) is 0 Å². The van der Waals surface area contributed by atoms with Crippen molar-refractivity contribution < 1.29 is 22.8 Å². The summed E-state index contributed by atoms with van der Waals surface area (Å²) in [5, 5.41) is 4.91. The summed E-state index contributed by atoms with van der Waals surface area (Å²) >= 11 is 0. The zero-order valence-electron chi connectivity index (χ0n) is 14.0. The molecule has 1 fully saturated rings. The number of benzene rings is 2. The third kappa shape index (κ3) is 3.29. The molecule has 4 nitrogen and oxygen atoms in total. The number of amides is 2. The number of nitrogens with one attached hydrogen (secondary N) is 2. The SMILES string of the molecule is Cc1ccccc1CNC(=O)C1(C(=O)Nc2ccc(F)c(F)c2F)CC1. The van der Waals surface area contributed by atoms with Crippen LogP contribution in [-0.2, 0) is 16.1 Å². The summed E-state index contributed by atoms with van der Waals surface area (Å²) in [7, 11) is 0. The minimum Gasteiger partial charge on any atom is -0.351 e. The number of hydrogen-bond donors (Lipinski definition) is 2. The predicted molar refractivity (Wildman–Crippen MR) is 89.6 cm³/mol. The second-order valence-corrected chi connectivity index (χ2v) is 6.37. The summed E-state index contributed by atoms with van der Waals surface area (Å²) in [5.74, 6) is -5.71. The normalized spacial score (nSPS) is 14.6. The van der Waals surface area contributed by atoms with Gasteiger partial charge in [0.25, 0.3) is 0 Å². The average molecular weight is 362 g/mol. The second kappa shape index (κ2) is 6.82. The molecular formula is C19H17F3N2O2. The zero-order valence-corrected chi connectivity index (χ0v) is 14.0. The van der Waals surface area contributed by atoms with Crippen molar-refractivity contribution in [2.45, 2.75) is 26.3 Å². The Morgan fingerprint density at radius 3 is 2.35 bits per heavy atom. The van der Waals surface area contributed by atoms with Crippen LogP contribution in [0.1, 0.15) is 24.0 Å². The van der Waals surface area contributed by atoms with Crippen molar-refractivity contribution in [1.82, 2.24) is 5.32 Å². The Bertz CT molecular complexity index is 879. The van der Waals surface area contributed by atoms with Gasteiger partial charge in [-0.3, -0.25) is 9.59 Å². The molecule has 26 heavy (non-hydrogen) atoms. The van der Waals surface area contributed by atoms with Crippen molar-refractivity contribution in [1.29, 1.82) is 0 Å². The monoisotopic (exact) mass is 362 g/mol. The number of carbonyl (C=O) groups excluding carboxylic acids is 2. The highest BCUT2D eigenvalue weighted by Gasteiger charge is 2.56. The molecule has 0 radical (unpaired) electrons. The largest absolute Gasteiger partial charge is 0.351 e. The van der Waals surface area contributed by atoms with Crippen LogP contribution < -0.4 is 10.6 Å². The number of aryl methyl sites for hydroxylation is 1. The van der Waals surface area contributed by atoms with Crippen LogP contribution in [0, 0.1) is 29.8 Å². The van der Waals surface area contributed by atoms with Crippen LogP contribution >= 0.6 is 0 Å². The smallest absolute Gasteiger partial charge is 0.240 e. The van der Waals surface area contributed by atoms with Crippen LogP contribution in [0.15, 0.2) is 36.4 Å². The molecule has 0 spiro atoms. The molecule has 0 unspecified atom stereocenters. The first-order valence-electron chi connectivity index (χ1n) is 8.13. The van der Waals surface area contributed by atoms with Gasteiger partial charge < -0.3 is 10.6 Å². The number of anilines is 1. The molecule has 3 rings (SSSR count). The van der Waals surface area contributed by atoms with E-state index in [4.69, 9.17) is 0 Å². The number of carbonyl (C=O) groups is 2. The van der Waals surface area contributed by atoms with Crippen LogP contribution in [-0.4, -0.2) is 11.8 Å². The molecule has 2 aromatic rings. The van der Waals surface area contributed by atoms with Gasteiger partial charge in [0.15, 0.2) is 17.5 Å². The second-order valence-electron chi connectivity index (χ2n) is 6.37. The lowest BCUT2D eigenvalue weighted by Gasteiger charge is -2.16. The van der Waals surface area contributed by atoms with Crippen LogP contribution in [0.4, 0.5) is 18.9 Å². The highest BCUT2D eigenvalue weighted by Crippen LogP contribution is 2.47. The molecule has 7 heteroatoms. The predicted octanol–water partition coefficient (Wildman–Crippen LogP) is 3.45. The summed E-state index contributed by atoms with van der Waals surface area (Å²) in [6.07, 6.45) is 0.619. The lowest BCUT2D eigenvalue weighted by Crippen LogP contribution is -2.39. The quantitative estimate of drug-likeness (QED) is 0.632. The van der Waals surface area contributed by atoms with Crippen molar-refractivity contribution in [2.75, 3.05) is 5.32 Å². The minimum atomic E-state index is -1.67. The van der Waals surface area contributed by atoms with Gasteiger partial charge in [-0.25, -0.2) is 13.2 Å². The first-order chi connectivity index (χ1) is 12.3. The summed E-state index contributed by atoms with van der Waals surface area (Å²) in [5.41, 5.74) is 0.126. The Morgan fingerprint density at radius 2 is 1.69 bits per heavy atom. The van der Waals surface area contributed by atoms with Crippen molar-refractivity contribution in [2.24, 2.45) is 5.41 Å². The maximum absolute atomic E-state index is 13.7. The van der Waals surface area contributed by atoms with Gasteiger partial charge in [-0.1, -0.05) is 24.3 Å². The van der Waals surface area contributed by atoms with Gasteiger partial charge in [0.1, 0.15) is 5.41 Å². The molecule has 0 heterocycles. The summed E-state index contributed by atoms with van der Waals surface area (Å²) in [6.45, 7) is 2.17. The zero-order chi connectivity index (χ0) is 18.9. The van der Waals surface area contributed by atoms with Gasteiger partial charge in [0, 0.05) is 6.54 Å². The van der Waals surface area contributed by atoms with E-state index in [1.807, 2.05) is 31.2 Å². The maximum Gasteiger partial charge on any atom is 0.240 e. The van der Waals surface area contributed by atoms with Crippen LogP contribution in [0.5, 0.6) is 0 Å². The van der Waals surface area contributed by atoms with Gasteiger partial charge >= 0.3 is 0 Å². The highest BCUT2D eigenvalue weighted by molar-refractivity contribution is 6.13. The van der Waals surface area contributed by atoms with Crippen molar-refractivity contribution in [3.63, 3.8) is 0 Å². The van der Waals surface area contributed by atoms with E-state index in [2.05, 4.69) is 10.6 Å². The summed E-state index contributed by atoms with van der Waals surface area (Å²) in [4.78, 5) is 24.9. The van der Waals surface area contributed by atoms with Crippen molar-refractivity contribution in [3.05, 3.63) is 65.0 Å². The third-order valence-electron chi connectivity index (χ3n) is 4.60. The number of rotatable bonds is 5. The lowest BCUT2D eigenvalue weighted by atomic mass is 10.0. The van der Waals surface area contributed by atoms with Gasteiger partial charge in [-0.05, 0) is 43.0 Å². The Kier molecular flexibility index (Phi) is 4.71. The molecule has 2 aromatic carbocycles. The van der Waals surface area contributed by atoms with Gasteiger partial charge in [-0.2, -0.15) is 0 Å². The fourth-order valence-corrected chi connectivity index (χ4v) is 2.70. The fourth-order valence-electron chi connectivity index (χ4n) is 2.70. The molecule has 1 saturated carbocycles. The third-order valence-corrected chi connectivity index (χ3v) is 4.60. The van der Waals surface area contributed by atoms with E-state index in [0.29, 0.717) is 18.9 Å². The van der Waals surface area contributed by atoms with E-state index < -0.39 is 40.4 Å². The standard InChI is InChI=1S/C19H17F3N2O2/c1-11-4-2-3-5-12(11)10-23-17(25)19(8-9-19)18(26)24-14-7-6-13(20)15(21)16(14)22/h2-7H,8-10H2,1H3,(H,23,25)(H,24,26). The molecule has 0 aromatic heterocycles. The molecule has 0 saturated heterocycles. The summed E-state index contributed by atoms with van der Waals surface area (Å²) < 4.78 is 40.0. The Labute approximate surface area is 148 Å². The average Bonchev–Trinajstić information content (AvgIpc) is 3.43. The molecular weight excluding hydrogens is 345 g/mol. The first kappa shape index (κ1) is 18.0. The molecule has 0 aliphatic heterocycles. The minimum absolute atomic E-state index is 0.264. The molecule has 0 bridgehead atoms. The van der Waals surface area contributed by atoms with Crippen LogP contribution in [0.25, 0.3) is 0 Å². The molecule has 1 aliphatic rings. The Balaban J connectivity index is 1.68. The molecule has 2 amide bonds. The van der Waals surface area contributed by atoms with E-state index in [-0.39, 0.29) is 6.54 Å². The highest BCUT2D eigenvalue weighted by atomic mass is 19.2. The fraction of sp³-hybridized carbons (Fsp3) is 0.263. The van der Waals surface area contributed by atoms with Gasteiger partial charge in [0.2, 0.25) is 11.8 Å². The molecule has 0 atom stereocenters. The Hall–Kier alpha value is -2.83. The first-order valence-corrected chi connectivity index (χ1v) is 8.13. The van der Waals surface area contributed by atoms with E-state index in [9.17, 15) is 22.8 Å². The van der Waals surface area contributed by atoms with Crippen LogP contribution in [0.3, 0.4) is 0 Å². The van der Waals surface area contributed by atoms with Gasteiger partial charge in [0.05, 0.1) is 5.69 Å². The topological polar surface area (TPSA) is 58.2 Å². The van der Waals surface area contributed by atoms with Crippen LogP contribution in [0.2, 0.25) is 0 Å². The van der Waals surface area contributed by atoms with E-state index in [1.165, 1.54) is 0 Å². The lowest BCUT2D eigenvalue weighted by molar-refractivity contribution is -0.134. The van der Waals surface area contributed by atoms with Crippen molar-refractivity contribution in [3.8, 4) is 0 Å². The number of halogens is 3. The van der Waals surface area contributed by atoms with Gasteiger partial charge in [-0.15, -0.1) is 0 Å². The van der Waals surface area contributed by atoms with E-state index in [0.717, 1.165) is 17.2 Å². The maximum atomic E-state index is 13.7. The summed E-state index contributed by atoms with van der Waals surface area (Å²) in [6, 6.07) is 9.14. The molecule has 1 aliphatic carbocycles.